The average molecular weight is 528 g/mol. The van der Waals surface area contributed by atoms with Crippen LogP contribution in [0, 0.1) is 0 Å². The summed E-state index contributed by atoms with van der Waals surface area (Å²) in [5.41, 5.74) is 15.0. The molecule has 2 saturated heterocycles. The first-order valence-corrected chi connectivity index (χ1v) is 14.2. The molecule has 0 aromatic rings. The summed E-state index contributed by atoms with van der Waals surface area (Å²) in [5.74, 6) is 0.327. The largest absolute Gasteiger partial charge is 0.402 e. The summed E-state index contributed by atoms with van der Waals surface area (Å²) in [6, 6.07) is 1.16. The van der Waals surface area contributed by atoms with Crippen molar-refractivity contribution in [3.8, 4) is 0 Å². The summed E-state index contributed by atoms with van der Waals surface area (Å²) in [5, 5.41) is 6.49. The minimum atomic E-state index is -0.0900. The number of piperidine rings is 1. The lowest BCUT2D eigenvalue weighted by Gasteiger charge is -2.49. The molecule has 0 radical (unpaired) electrons. The van der Waals surface area contributed by atoms with Crippen molar-refractivity contribution in [1.82, 2.24) is 25.3 Å². The number of carbonyl (C=O) groups is 2. The Morgan fingerprint density at radius 1 is 1.05 bits per heavy atom. The van der Waals surface area contributed by atoms with Gasteiger partial charge < -0.3 is 27.0 Å². The van der Waals surface area contributed by atoms with E-state index in [1.807, 2.05) is 11.8 Å². The molecule has 0 spiro atoms. The number of carbonyl (C=O) groups excluding carboxylic acids is 2. The lowest BCUT2D eigenvalue weighted by molar-refractivity contribution is -0.128. The maximum Gasteiger partial charge on any atom is 0.255 e. The molecule has 0 aromatic carbocycles. The van der Waals surface area contributed by atoms with E-state index in [0.717, 1.165) is 64.8 Å². The number of allylic oxidation sites excluding steroid dienone is 2. The Morgan fingerprint density at radius 3 is 2.24 bits per heavy atom. The summed E-state index contributed by atoms with van der Waals surface area (Å²) in [7, 11) is 0. The van der Waals surface area contributed by atoms with E-state index < -0.39 is 0 Å². The number of piperazine rings is 1. The normalized spacial score (nSPS) is 24.3. The highest BCUT2D eigenvalue weighted by atomic mass is 16.2. The Morgan fingerprint density at radius 2 is 1.71 bits per heavy atom. The minimum Gasteiger partial charge on any atom is -0.402 e. The summed E-state index contributed by atoms with van der Waals surface area (Å²) in [4.78, 5) is 32.4. The summed E-state index contributed by atoms with van der Waals surface area (Å²) in [6.07, 6.45) is 8.66. The molecule has 0 bridgehead atoms. The van der Waals surface area contributed by atoms with Crippen LogP contribution < -0.4 is 22.1 Å². The van der Waals surface area contributed by atoms with Crippen molar-refractivity contribution < 1.29 is 9.59 Å². The SMILES string of the molecule is C=C/C(C(=O)N1CCC(N2CCN(C(N/C(N)=C(\C)C(=O)NC3CC3)/C(C)=C\C)CC2CC)CC1)=C(\C)N. The fourth-order valence-corrected chi connectivity index (χ4v) is 5.51. The van der Waals surface area contributed by atoms with Crippen molar-refractivity contribution in [3.63, 3.8) is 0 Å². The van der Waals surface area contributed by atoms with Crippen LogP contribution in [0.3, 0.4) is 0 Å². The van der Waals surface area contributed by atoms with E-state index in [9.17, 15) is 9.59 Å². The van der Waals surface area contributed by atoms with Crippen molar-refractivity contribution in [3.05, 3.63) is 47.0 Å². The molecule has 2 unspecified atom stereocenters. The van der Waals surface area contributed by atoms with Crippen molar-refractivity contribution in [1.29, 1.82) is 0 Å². The second-order valence-corrected chi connectivity index (χ2v) is 11.0. The van der Waals surface area contributed by atoms with Gasteiger partial charge in [-0.15, -0.1) is 0 Å². The molecule has 1 saturated carbocycles. The molecular formula is C29H49N7O2. The Balaban J connectivity index is 1.64. The first kappa shape index (κ1) is 29.8. The van der Waals surface area contributed by atoms with Gasteiger partial charge in [0.15, 0.2) is 0 Å². The smallest absolute Gasteiger partial charge is 0.255 e. The van der Waals surface area contributed by atoms with E-state index in [0.29, 0.717) is 40.8 Å². The molecule has 3 fully saturated rings. The number of rotatable bonds is 10. The quantitative estimate of drug-likeness (QED) is 0.195. The van der Waals surface area contributed by atoms with Gasteiger partial charge >= 0.3 is 0 Å². The first-order valence-electron chi connectivity index (χ1n) is 14.2. The molecule has 38 heavy (non-hydrogen) atoms. The highest BCUT2D eigenvalue weighted by molar-refractivity contribution is 5.96. The zero-order valence-electron chi connectivity index (χ0n) is 24.1. The molecule has 2 amide bonds. The standard InChI is InChI=1S/C29H49N7O2/c1-7-19(4)27(33-26(31)20(5)28(37)32-22-10-11-22)35-16-17-36(23(8-2)18-35)24-12-14-34(15-13-24)29(38)25(9-3)21(6)30/h7,9,22-24,27,33H,3,8,10-18,30-31H2,1-2,4-6H3,(H,32,37)/b19-7-,25-21-,26-20+. The predicted octanol–water partition coefficient (Wildman–Crippen LogP) is 2.14. The van der Waals surface area contributed by atoms with Crippen LogP contribution in [0.5, 0.6) is 0 Å². The number of hydrogen-bond acceptors (Lipinski definition) is 7. The molecule has 1 aliphatic carbocycles. The van der Waals surface area contributed by atoms with Gasteiger partial charge in [-0.1, -0.05) is 25.7 Å². The third-order valence-corrected chi connectivity index (χ3v) is 8.31. The van der Waals surface area contributed by atoms with Crippen LogP contribution in [0.2, 0.25) is 0 Å². The van der Waals surface area contributed by atoms with Crippen molar-refractivity contribution in [2.24, 2.45) is 11.5 Å². The fourth-order valence-electron chi connectivity index (χ4n) is 5.51. The second-order valence-electron chi connectivity index (χ2n) is 11.0. The van der Waals surface area contributed by atoms with Crippen LogP contribution in [-0.2, 0) is 9.59 Å². The number of nitrogens with zero attached hydrogens (tertiary/aromatic N) is 3. The Hall–Kier alpha value is -2.78. The van der Waals surface area contributed by atoms with E-state index in [-0.39, 0.29) is 18.0 Å². The molecule has 0 aromatic heterocycles. The van der Waals surface area contributed by atoms with Crippen LogP contribution in [0.1, 0.15) is 66.7 Å². The molecule has 3 aliphatic rings. The Bertz CT molecular complexity index is 969. The van der Waals surface area contributed by atoms with Gasteiger partial charge in [-0.25, -0.2) is 0 Å². The van der Waals surface area contributed by atoms with Gasteiger partial charge in [0, 0.05) is 56.5 Å². The molecule has 212 valence electrons. The molecule has 2 atom stereocenters. The number of likely N-dealkylation sites (tertiary alicyclic amines) is 1. The predicted molar refractivity (Wildman–Crippen MR) is 153 cm³/mol. The molecular weight excluding hydrogens is 478 g/mol. The topological polar surface area (TPSA) is 120 Å². The number of nitrogens with two attached hydrogens (primary N) is 2. The molecule has 9 nitrogen and oxygen atoms in total. The maximum absolute atomic E-state index is 12.9. The van der Waals surface area contributed by atoms with E-state index in [1.165, 1.54) is 5.57 Å². The third kappa shape index (κ3) is 7.20. The summed E-state index contributed by atoms with van der Waals surface area (Å²) < 4.78 is 0. The van der Waals surface area contributed by atoms with Gasteiger partial charge in [0.05, 0.1) is 11.1 Å². The van der Waals surface area contributed by atoms with Gasteiger partial charge in [-0.05, 0) is 65.4 Å². The van der Waals surface area contributed by atoms with Gasteiger partial charge in [0.1, 0.15) is 12.0 Å². The molecule has 3 rings (SSSR count). The molecule has 9 heteroatoms. The third-order valence-electron chi connectivity index (χ3n) is 8.31. The lowest BCUT2D eigenvalue weighted by Crippen LogP contribution is -2.62. The van der Waals surface area contributed by atoms with Crippen molar-refractivity contribution >= 4 is 11.8 Å². The first-order chi connectivity index (χ1) is 18.1. The van der Waals surface area contributed by atoms with E-state index in [2.05, 4.69) is 46.9 Å². The fraction of sp³-hybridized carbons (Fsp3) is 0.655. The Kier molecular flexibility index (Phi) is 10.4. The summed E-state index contributed by atoms with van der Waals surface area (Å²) >= 11 is 0. The highest BCUT2D eigenvalue weighted by Crippen LogP contribution is 2.26. The monoisotopic (exact) mass is 527 g/mol. The lowest BCUT2D eigenvalue weighted by atomic mass is 9.97. The van der Waals surface area contributed by atoms with E-state index in [4.69, 9.17) is 11.5 Å². The zero-order chi connectivity index (χ0) is 28.0. The van der Waals surface area contributed by atoms with Gasteiger partial charge in [-0.2, -0.15) is 0 Å². The Labute approximate surface area is 229 Å². The van der Waals surface area contributed by atoms with Gasteiger partial charge in [0.2, 0.25) is 0 Å². The van der Waals surface area contributed by atoms with Gasteiger partial charge in [0.25, 0.3) is 11.8 Å². The number of nitrogens with one attached hydrogen (secondary N) is 2. The molecule has 2 aliphatic heterocycles. The zero-order valence-corrected chi connectivity index (χ0v) is 24.1. The molecule has 6 N–H and O–H groups in total. The van der Waals surface area contributed by atoms with E-state index >= 15 is 0 Å². The highest BCUT2D eigenvalue weighted by Gasteiger charge is 2.36. The van der Waals surface area contributed by atoms with Crippen LogP contribution >= 0.6 is 0 Å². The van der Waals surface area contributed by atoms with Gasteiger partial charge in [-0.3, -0.25) is 19.4 Å². The minimum absolute atomic E-state index is 0.0159. The van der Waals surface area contributed by atoms with Crippen molar-refractivity contribution in [2.45, 2.75) is 91.0 Å². The number of hydrogen-bond donors (Lipinski definition) is 4. The van der Waals surface area contributed by atoms with Crippen LogP contribution in [0.4, 0.5) is 0 Å². The second kappa shape index (κ2) is 13.3. The van der Waals surface area contributed by atoms with Crippen molar-refractivity contribution in [2.75, 3.05) is 32.7 Å². The molecule has 2 heterocycles. The van der Waals surface area contributed by atoms with E-state index in [1.54, 1.807) is 19.9 Å². The van der Waals surface area contributed by atoms with Crippen LogP contribution in [-0.4, -0.2) is 83.5 Å². The average Bonchev–Trinajstić information content (AvgIpc) is 3.74. The number of amides is 2. The maximum atomic E-state index is 12.9. The summed E-state index contributed by atoms with van der Waals surface area (Å²) in [6.45, 7) is 17.9. The van der Waals surface area contributed by atoms with Crippen LogP contribution in [0.15, 0.2) is 47.0 Å². The van der Waals surface area contributed by atoms with Crippen LogP contribution in [0.25, 0.3) is 0 Å².